The zero-order chi connectivity index (χ0) is 12.3. The number of piperidine rings is 1. The molecular formula is C13H19ClN2O. The molecule has 0 bridgehead atoms. The van der Waals surface area contributed by atoms with E-state index in [9.17, 15) is 5.11 Å². The molecule has 1 aliphatic rings. The number of hydrogen-bond donors (Lipinski definition) is 1. The highest BCUT2D eigenvalue weighted by atomic mass is 35.5. The molecule has 1 aromatic rings. The van der Waals surface area contributed by atoms with Crippen LogP contribution in [0.4, 0.5) is 5.82 Å². The average molecular weight is 255 g/mol. The molecule has 3 nitrogen and oxygen atoms in total. The van der Waals surface area contributed by atoms with E-state index in [0.717, 1.165) is 18.8 Å². The van der Waals surface area contributed by atoms with Gasteiger partial charge in [0.25, 0.3) is 0 Å². The summed E-state index contributed by atoms with van der Waals surface area (Å²) in [5.41, 5.74) is 0.574. The molecule has 1 aliphatic heterocycles. The summed E-state index contributed by atoms with van der Waals surface area (Å²) in [7, 11) is 0. The predicted molar refractivity (Wildman–Crippen MR) is 70.4 cm³/mol. The Labute approximate surface area is 107 Å². The minimum absolute atomic E-state index is 0.0999. The first-order chi connectivity index (χ1) is 8.26. The third-order valence-electron chi connectivity index (χ3n) is 3.45. The summed E-state index contributed by atoms with van der Waals surface area (Å²) in [4.78, 5) is 6.80. The normalized spacial score (nSPS) is 20.6. The van der Waals surface area contributed by atoms with Gasteiger partial charge >= 0.3 is 0 Å². The maximum atomic E-state index is 9.20. The second kappa shape index (κ2) is 5.69. The van der Waals surface area contributed by atoms with Crippen molar-refractivity contribution < 1.29 is 5.11 Å². The van der Waals surface area contributed by atoms with E-state index >= 15 is 0 Å². The Morgan fingerprint density at radius 3 is 3.00 bits per heavy atom. The van der Waals surface area contributed by atoms with Gasteiger partial charge in [0.15, 0.2) is 0 Å². The van der Waals surface area contributed by atoms with Crippen LogP contribution in [0, 0.1) is 0 Å². The number of pyridine rings is 1. The van der Waals surface area contributed by atoms with Crippen LogP contribution in [0.25, 0.3) is 0 Å². The molecule has 1 fully saturated rings. The number of rotatable bonds is 3. The molecule has 2 rings (SSSR count). The molecule has 1 unspecified atom stereocenters. The molecular weight excluding hydrogens is 236 g/mol. The maximum absolute atomic E-state index is 9.20. The van der Waals surface area contributed by atoms with Gasteiger partial charge in [-0.15, -0.1) is 0 Å². The molecule has 2 heterocycles. The van der Waals surface area contributed by atoms with Gasteiger partial charge in [-0.1, -0.05) is 18.5 Å². The van der Waals surface area contributed by atoms with Crippen molar-refractivity contribution in [2.24, 2.45) is 0 Å². The van der Waals surface area contributed by atoms with Crippen LogP contribution >= 0.6 is 11.6 Å². The van der Waals surface area contributed by atoms with E-state index in [1.165, 1.54) is 19.3 Å². The van der Waals surface area contributed by atoms with Crippen molar-refractivity contribution in [1.82, 2.24) is 4.98 Å². The topological polar surface area (TPSA) is 36.4 Å². The standard InChI is InChI=1S/C13H19ClN2O/c1-2-10-5-3-4-8-16(10)13-7-6-11(14)12(9-17)15-13/h6-7,10,17H,2-5,8-9H2,1H3. The third-order valence-corrected chi connectivity index (χ3v) is 3.79. The predicted octanol–water partition coefficient (Wildman–Crippen LogP) is 3.00. The summed E-state index contributed by atoms with van der Waals surface area (Å²) in [5, 5.41) is 9.74. The molecule has 0 aliphatic carbocycles. The van der Waals surface area contributed by atoms with Gasteiger partial charge in [-0.3, -0.25) is 0 Å². The average Bonchev–Trinajstić information content (AvgIpc) is 2.39. The fraction of sp³-hybridized carbons (Fsp3) is 0.615. The van der Waals surface area contributed by atoms with Crippen molar-refractivity contribution in [2.75, 3.05) is 11.4 Å². The second-order valence-corrected chi connectivity index (χ2v) is 4.91. The van der Waals surface area contributed by atoms with Crippen LogP contribution in [0.2, 0.25) is 5.02 Å². The van der Waals surface area contributed by atoms with E-state index in [1.807, 2.05) is 12.1 Å². The molecule has 0 aromatic carbocycles. The Hall–Kier alpha value is -0.800. The smallest absolute Gasteiger partial charge is 0.129 e. The summed E-state index contributed by atoms with van der Waals surface area (Å²) < 4.78 is 0. The number of hydrogen-bond acceptors (Lipinski definition) is 3. The van der Waals surface area contributed by atoms with Crippen molar-refractivity contribution in [3.05, 3.63) is 22.8 Å². The summed E-state index contributed by atoms with van der Waals surface area (Å²) in [6, 6.07) is 4.36. The molecule has 17 heavy (non-hydrogen) atoms. The first-order valence-electron chi connectivity index (χ1n) is 6.29. The van der Waals surface area contributed by atoms with Crippen LogP contribution in [0.5, 0.6) is 0 Å². The summed E-state index contributed by atoms with van der Waals surface area (Å²) in [6.07, 6.45) is 4.89. The van der Waals surface area contributed by atoms with Crippen molar-refractivity contribution in [3.8, 4) is 0 Å². The highest BCUT2D eigenvalue weighted by molar-refractivity contribution is 6.31. The first kappa shape index (κ1) is 12.7. The molecule has 94 valence electrons. The minimum Gasteiger partial charge on any atom is -0.390 e. The Morgan fingerprint density at radius 1 is 1.47 bits per heavy atom. The van der Waals surface area contributed by atoms with E-state index in [4.69, 9.17) is 11.6 Å². The van der Waals surface area contributed by atoms with Gasteiger partial charge in [-0.25, -0.2) is 4.98 Å². The molecule has 1 atom stereocenters. The number of anilines is 1. The lowest BCUT2D eigenvalue weighted by Gasteiger charge is -2.36. The first-order valence-corrected chi connectivity index (χ1v) is 6.67. The van der Waals surface area contributed by atoms with Gasteiger partial charge in [0.05, 0.1) is 17.3 Å². The molecule has 1 N–H and O–H groups in total. The van der Waals surface area contributed by atoms with Gasteiger partial charge in [-0.2, -0.15) is 0 Å². The fourth-order valence-corrected chi connectivity index (χ4v) is 2.64. The van der Waals surface area contributed by atoms with Crippen LogP contribution < -0.4 is 4.90 Å². The molecule has 0 spiro atoms. The number of halogens is 1. The van der Waals surface area contributed by atoms with Crippen LogP contribution in [-0.2, 0) is 6.61 Å². The van der Waals surface area contributed by atoms with Crippen LogP contribution in [0.3, 0.4) is 0 Å². The van der Waals surface area contributed by atoms with Gasteiger partial charge in [0.2, 0.25) is 0 Å². The summed E-state index contributed by atoms with van der Waals surface area (Å²) >= 11 is 5.96. The van der Waals surface area contributed by atoms with Crippen molar-refractivity contribution in [1.29, 1.82) is 0 Å². The van der Waals surface area contributed by atoms with Crippen LogP contribution in [-0.4, -0.2) is 22.7 Å². The van der Waals surface area contributed by atoms with Gasteiger partial charge in [0, 0.05) is 12.6 Å². The van der Waals surface area contributed by atoms with E-state index in [-0.39, 0.29) is 6.61 Å². The fourth-order valence-electron chi connectivity index (χ4n) is 2.47. The molecule has 1 aromatic heterocycles. The zero-order valence-electron chi connectivity index (χ0n) is 10.2. The Balaban J connectivity index is 2.25. The number of aliphatic hydroxyl groups is 1. The van der Waals surface area contributed by atoms with Gasteiger partial charge in [-0.05, 0) is 37.8 Å². The highest BCUT2D eigenvalue weighted by Crippen LogP contribution is 2.27. The summed E-state index contributed by atoms with van der Waals surface area (Å²) in [6.45, 7) is 3.17. The van der Waals surface area contributed by atoms with E-state index < -0.39 is 0 Å². The molecule has 1 saturated heterocycles. The van der Waals surface area contributed by atoms with E-state index in [1.54, 1.807) is 0 Å². The van der Waals surface area contributed by atoms with E-state index in [0.29, 0.717) is 16.8 Å². The number of aromatic nitrogens is 1. The molecule has 4 heteroatoms. The van der Waals surface area contributed by atoms with E-state index in [2.05, 4.69) is 16.8 Å². The quantitative estimate of drug-likeness (QED) is 0.901. The monoisotopic (exact) mass is 254 g/mol. The minimum atomic E-state index is -0.0999. The van der Waals surface area contributed by atoms with Gasteiger partial charge in [0.1, 0.15) is 5.82 Å². The number of nitrogens with zero attached hydrogens (tertiary/aromatic N) is 2. The Kier molecular flexibility index (Phi) is 4.24. The zero-order valence-corrected chi connectivity index (χ0v) is 11.0. The largest absolute Gasteiger partial charge is 0.390 e. The summed E-state index contributed by atoms with van der Waals surface area (Å²) in [5.74, 6) is 0.949. The molecule has 0 radical (unpaired) electrons. The molecule has 0 saturated carbocycles. The Bertz CT molecular complexity index is 384. The Morgan fingerprint density at radius 2 is 2.29 bits per heavy atom. The second-order valence-electron chi connectivity index (χ2n) is 4.51. The highest BCUT2D eigenvalue weighted by Gasteiger charge is 2.22. The van der Waals surface area contributed by atoms with Crippen LogP contribution in [0.15, 0.2) is 12.1 Å². The SMILES string of the molecule is CCC1CCCCN1c1ccc(Cl)c(CO)n1. The van der Waals surface area contributed by atoms with Crippen molar-refractivity contribution in [2.45, 2.75) is 45.3 Å². The third kappa shape index (κ3) is 2.72. The maximum Gasteiger partial charge on any atom is 0.129 e. The van der Waals surface area contributed by atoms with Gasteiger partial charge < -0.3 is 10.0 Å². The lowest BCUT2D eigenvalue weighted by atomic mass is 10.00. The van der Waals surface area contributed by atoms with Crippen LogP contribution in [0.1, 0.15) is 38.3 Å². The van der Waals surface area contributed by atoms with Crippen molar-refractivity contribution in [3.63, 3.8) is 0 Å². The number of aliphatic hydroxyl groups excluding tert-OH is 1. The lowest BCUT2D eigenvalue weighted by molar-refractivity contribution is 0.277. The van der Waals surface area contributed by atoms with Crippen molar-refractivity contribution >= 4 is 17.4 Å². The molecule has 0 amide bonds. The lowest BCUT2D eigenvalue weighted by Crippen LogP contribution is -2.39.